The summed E-state index contributed by atoms with van der Waals surface area (Å²) in [7, 11) is 0. The van der Waals surface area contributed by atoms with Gasteiger partial charge in [-0.05, 0) is 12.8 Å². The summed E-state index contributed by atoms with van der Waals surface area (Å²) < 4.78 is 19.5. The van der Waals surface area contributed by atoms with Crippen molar-refractivity contribution in [1.29, 1.82) is 0 Å². The van der Waals surface area contributed by atoms with Crippen LogP contribution in [-0.2, 0) is 21.8 Å². The van der Waals surface area contributed by atoms with Gasteiger partial charge in [-0.25, -0.2) is 4.98 Å². The third-order valence-electron chi connectivity index (χ3n) is 5.34. The van der Waals surface area contributed by atoms with Crippen molar-refractivity contribution in [3.63, 3.8) is 0 Å². The molecule has 0 bridgehead atoms. The summed E-state index contributed by atoms with van der Waals surface area (Å²) in [5, 5.41) is 9.85. The number of oxazole rings is 1. The van der Waals surface area contributed by atoms with Gasteiger partial charge in [0.2, 0.25) is 11.8 Å². The zero-order chi connectivity index (χ0) is 20.2. The minimum atomic E-state index is 0.214. The fraction of sp³-hybridized carbons (Fsp3) is 0.476. The molecule has 0 aliphatic carbocycles. The molecule has 1 aromatic carbocycles. The molecule has 0 radical (unpaired) electrons. The van der Waals surface area contributed by atoms with Crippen LogP contribution in [0.25, 0.3) is 11.3 Å². The van der Waals surface area contributed by atoms with Crippen molar-refractivity contribution < 1.29 is 13.9 Å². The van der Waals surface area contributed by atoms with Crippen LogP contribution in [-0.4, -0.2) is 58.8 Å². The van der Waals surface area contributed by atoms with Gasteiger partial charge in [-0.3, -0.25) is 4.57 Å². The Hall–Kier alpha value is -2.36. The van der Waals surface area contributed by atoms with E-state index in [1.807, 2.05) is 30.3 Å². The molecule has 2 fully saturated rings. The highest BCUT2D eigenvalue weighted by atomic mass is 32.2. The van der Waals surface area contributed by atoms with Gasteiger partial charge in [0.1, 0.15) is 0 Å². The molecule has 8 nitrogen and oxygen atoms in total. The fourth-order valence-corrected chi connectivity index (χ4v) is 4.57. The van der Waals surface area contributed by atoms with E-state index in [0.717, 1.165) is 61.5 Å². The second-order valence-electron chi connectivity index (χ2n) is 7.40. The summed E-state index contributed by atoms with van der Waals surface area (Å²) in [6, 6.07) is 10.0. The molecule has 2 aromatic heterocycles. The Morgan fingerprint density at radius 3 is 2.73 bits per heavy atom. The van der Waals surface area contributed by atoms with Gasteiger partial charge in [-0.15, -0.1) is 10.2 Å². The Balaban J connectivity index is 1.32. The Labute approximate surface area is 179 Å². The largest absolute Gasteiger partial charge is 0.440 e. The molecule has 158 valence electrons. The van der Waals surface area contributed by atoms with E-state index in [9.17, 15) is 0 Å². The van der Waals surface area contributed by atoms with Gasteiger partial charge in [-0.1, -0.05) is 42.1 Å². The van der Waals surface area contributed by atoms with Crippen LogP contribution >= 0.6 is 11.8 Å². The molecule has 0 spiro atoms. The zero-order valence-corrected chi connectivity index (χ0v) is 17.6. The molecule has 0 N–H and O–H groups in total. The molecule has 1 atom stereocenters. The lowest BCUT2D eigenvalue weighted by Crippen LogP contribution is -2.38. The molecule has 2 aliphatic rings. The molecule has 9 heteroatoms. The van der Waals surface area contributed by atoms with E-state index < -0.39 is 0 Å². The summed E-state index contributed by atoms with van der Waals surface area (Å²) in [5.74, 6) is 2.95. The number of benzene rings is 1. The molecule has 0 amide bonds. The van der Waals surface area contributed by atoms with Crippen molar-refractivity contribution in [2.45, 2.75) is 36.4 Å². The maximum Gasteiger partial charge on any atom is 0.228 e. The van der Waals surface area contributed by atoms with Gasteiger partial charge in [0.15, 0.2) is 10.9 Å². The normalized spacial score (nSPS) is 19.5. The molecule has 4 heterocycles. The molecule has 2 aliphatic heterocycles. The number of hydrogen-bond donors (Lipinski definition) is 0. The second-order valence-corrected chi connectivity index (χ2v) is 8.34. The number of nitrogens with zero attached hydrogens (tertiary/aromatic N) is 5. The van der Waals surface area contributed by atoms with Crippen molar-refractivity contribution in [1.82, 2.24) is 19.7 Å². The fourth-order valence-electron chi connectivity index (χ4n) is 3.78. The van der Waals surface area contributed by atoms with E-state index in [1.54, 1.807) is 18.0 Å². The maximum absolute atomic E-state index is 5.95. The van der Waals surface area contributed by atoms with Crippen LogP contribution < -0.4 is 4.90 Å². The summed E-state index contributed by atoms with van der Waals surface area (Å²) in [5.41, 5.74) is 1.03. The Kier molecular flexibility index (Phi) is 6.01. The summed E-state index contributed by atoms with van der Waals surface area (Å²) in [4.78, 5) is 6.68. The molecule has 5 rings (SSSR count). The number of thioether (sulfide) groups is 1. The van der Waals surface area contributed by atoms with Crippen LogP contribution in [0.5, 0.6) is 0 Å². The molecular weight excluding hydrogens is 402 g/mol. The van der Waals surface area contributed by atoms with Gasteiger partial charge >= 0.3 is 0 Å². The van der Waals surface area contributed by atoms with E-state index >= 15 is 0 Å². The van der Waals surface area contributed by atoms with Gasteiger partial charge in [0.05, 0.1) is 37.8 Å². The molecule has 30 heavy (non-hydrogen) atoms. The third-order valence-corrected chi connectivity index (χ3v) is 6.29. The number of hydrogen-bond acceptors (Lipinski definition) is 8. The summed E-state index contributed by atoms with van der Waals surface area (Å²) in [6.07, 6.45) is 4.18. The summed E-state index contributed by atoms with van der Waals surface area (Å²) in [6.45, 7) is 4.69. The van der Waals surface area contributed by atoms with E-state index in [0.29, 0.717) is 24.9 Å². The topological polar surface area (TPSA) is 78.4 Å². The van der Waals surface area contributed by atoms with Gasteiger partial charge < -0.3 is 18.8 Å². The highest BCUT2D eigenvalue weighted by Gasteiger charge is 2.25. The van der Waals surface area contributed by atoms with Gasteiger partial charge in [0.25, 0.3) is 0 Å². The first-order valence-electron chi connectivity index (χ1n) is 10.4. The Bertz CT molecular complexity index is 949. The van der Waals surface area contributed by atoms with Crippen LogP contribution in [0.3, 0.4) is 0 Å². The first-order chi connectivity index (χ1) is 14.9. The van der Waals surface area contributed by atoms with Crippen LogP contribution in [0.2, 0.25) is 0 Å². The van der Waals surface area contributed by atoms with Crippen molar-refractivity contribution in [2.75, 3.05) is 37.8 Å². The molecule has 0 saturated carbocycles. The first-order valence-corrected chi connectivity index (χ1v) is 11.4. The van der Waals surface area contributed by atoms with E-state index in [-0.39, 0.29) is 6.10 Å². The van der Waals surface area contributed by atoms with E-state index in [4.69, 9.17) is 13.9 Å². The lowest BCUT2D eigenvalue weighted by Gasteiger charge is -2.28. The summed E-state index contributed by atoms with van der Waals surface area (Å²) >= 11 is 1.60. The predicted molar refractivity (Wildman–Crippen MR) is 114 cm³/mol. The van der Waals surface area contributed by atoms with E-state index in [1.165, 1.54) is 0 Å². The monoisotopic (exact) mass is 427 g/mol. The highest BCUT2D eigenvalue weighted by molar-refractivity contribution is 7.98. The van der Waals surface area contributed by atoms with Crippen molar-refractivity contribution in [3.05, 3.63) is 42.4 Å². The quantitative estimate of drug-likeness (QED) is 0.532. The van der Waals surface area contributed by atoms with Gasteiger partial charge in [0, 0.05) is 25.3 Å². The van der Waals surface area contributed by atoms with E-state index in [2.05, 4.69) is 24.6 Å². The number of aromatic nitrogens is 4. The predicted octanol–water partition coefficient (Wildman–Crippen LogP) is 3.24. The van der Waals surface area contributed by atoms with Crippen LogP contribution in [0, 0.1) is 0 Å². The smallest absolute Gasteiger partial charge is 0.228 e. The highest BCUT2D eigenvalue weighted by Crippen LogP contribution is 2.29. The minimum absolute atomic E-state index is 0.214. The van der Waals surface area contributed by atoms with Crippen LogP contribution in [0.15, 0.2) is 46.1 Å². The number of anilines is 1. The average molecular weight is 428 g/mol. The van der Waals surface area contributed by atoms with Crippen molar-refractivity contribution in [2.24, 2.45) is 0 Å². The number of rotatable bonds is 7. The maximum atomic E-state index is 5.95. The first kappa shape index (κ1) is 19.6. The van der Waals surface area contributed by atoms with Gasteiger partial charge in [-0.2, -0.15) is 0 Å². The molecule has 3 aromatic rings. The molecule has 2 saturated heterocycles. The number of morpholine rings is 1. The lowest BCUT2D eigenvalue weighted by atomic mass is 10.2. The number of ether oxygens (including phenoxy) is 2. The standard InChI is InChI=1S/C21H25N5O3S/c1-2-5-16(6-3-1)18-13-22-19(29-18)15-30-21-24-23-20(25-8-11-27-12-9-25)26(21)14-17-7-4-10-28-17/h1-3,5-6,13,17H,4,7-12,14-15H2. The molecular formula is C21H25N5O3S. The van der Waals surface area contributed by atoms with Crippen LogP contribution in [0.1, 0.15) is 18.7 Å². The van der Waals surface area contributed by atoms with Crippen LogP contribution in [0.4, 0.5) is 5.95 Å². The van der Waals surface area contributed by atoms with Crippen molar-refractivity contribution >= 4 is 17.7 Å². The SMILES string of the molecule is c1ccc(-c2cnc(CSc3nnc(N4CCOCC4)n3CC3CCCO3)o2)cc1. The zero-order valence-electron chi connectivity index (χ0n) is 16.8. The second kappa shape index (κ2) is 9.20. The Morgan fingerprint density at radius 2 is 1.93 bits per heavy atom. The molecule has 1 unspecified atom stereocenters. The minimum Gasteiger partial charge on any atom is -0.440 e. The Morgan fingerprint density at radius 1 is 1.07 bits per heavy atom. The average Bonchev–Trinajstić information content (AvgIpc) is 3.56. The van der Waals surface area contributed by atoms with Crippen molar-refractivity contribution in [3.8, 4) is 11.3 Å². The third kappa shape index (κ3) is 4.38. The lowest BCUT2D eigenvalue weighted by molar-refractivity contribution is 0.0942.